The van der Waals surface area contributed by atoms with E-state index in [0.717, 1.165) is 22.8 Å². The summed E-state index contributed by atoms with van der Waals surface area (Å²) in [5, 5.41) is 4.04. The van der Waals surface area contributed by atoms with Crippen LogP contribution >= 0.6 is 11.6 Å². The molecule has 1 aromatic rings. The van der Waals surface area contributed by atoms with E-state index in [0.29, 0.717) is 6.61 Å². The molecule has 3 N–H and O–H groups in total. The summed E-state index contributed by atoms with van der Waals surface area (Å²) in [6.07, 6.45) is 0. The highest BCUT2D eigenvalue weighted by Gasteiger charge is 2.24. The zero-order chi connectivity index (χ0) is 9.26. The predicted molar refractivity (Wildman–Crippen MR) is 52.8 cm³/mol. The van der Waals surface area contributed by atoms with Crippen LogP contribution in [0.2, 0.25) is 5.02 Å². The second-order valence-corrected chi connectivity index (χ2v) is 3.52. The molecular formula is C9H11ClN2O. The standard InChI is InChI=1S/C9H11ClN2O/c10-7-2-1-3-8-9(7)6(4-12-8)5-13-11/h1-3,6,12H,4-5,11H2. The molecule has 13 heavy (non-hydrogen) atoms. The van der Waals surface area contributed by atoms with E-state index >= 15 is 0 Å². The van der Waals surface area contributed by atoms with Gasteiger partial charge in [0.15, 0.2) is 0 Å². The molecule has 0 radical (unpaired) electrons. The quantitative estimate of drug-likeness (QED) is 0.712. The molecule has 1 aliphatic rings. The van der Waals surface area contributed by atoms with Crippen molar-refractivity contribution in [2.45, 2.75) is 5.92 Å². The lowest BCUT2D eigenvalue weighted by Crippen LogP contribution is -2.13. The monoisotopic (exact) mass is 198 g/mol. The van der Waals surface area contributed by atoms with Gasteiger partial charge in [-0.1, -0.05) is 17.7 Å². The predicted octanol–water partition coefficient (Wildman–Crippen LogP) is 1.74. The van der Waals surface area contributed by atoms with Crippen molar-refractivity contribution in [3.8, 4) is 0 Å². The van der Waals surface area contributed by atoms with Crippen molar-refractivity contribution >= 4 is 17.3 Å². The van der Waals surface area contributed by atoms with Gasteiger partial charge in [0.25, 0.3) is 0 Å². The molecular weight excluding hydrogens is 188 g/mol. The number of benzene rings is 1. The van der Waals surface area contributed by atoms with Crippen molar-refractivity contribution in [2.24, 2.45) is 5.90 Å². The largest absolute Gasteiger partial charge is 0.384 e. The van der Waals surface area contributed by atoms with Crippen LogP contribution in [0.15, 0.2) is 18.2 Å². The minimum atomic E-state index is 0.272. The van der Waals surface area contributed by atoms with E-state index in [4.69, 9.17) is 17.5 Å². The first kappa shape index (κ1) is 8.81. The minimum Gasteiger partial charge on any atom is -0.384 e. The summed E-state index contributed by atoms with van der Waals surface area (Å²) in [4.78, 5) is 4.64. The number of nitrogens with two attached hydrogens (primary N) is 1. The third-order valence-corrected chi connectivity index (χ3v) is 2.63. The van der Waals surface area contributed by atoms with Crippen LogP contribution in [0.3, 0.4) is 0 Å². The second kappa shape index (κ2) is 3.54. The van der Waals surface area contributed by atoms with Gasteiger partial charge in [-0.05, 0) is 12.1 Å². The Morgan fingerprint density at radius 2 is 2.46 bits per heavy atom. The summed E-state index contributed by atoms with van der Waals surface area (Å²) in [6.45, 7) is 1.35. The van der Waals surface area contributed by atoms with Crippen LogP contribution in [0.1, 0.15) is 11.5 Å². The molecule has 0 amide bonds. The van der Waals surface area contributed by atoms with Gasteiger partial charge >= 0.3 is 0 Å². The third kappa shape index (κ3) is 1.50. The highest BCUT2D eigenvalue weighted by molar-refractivity contribution is 6.31. The fourth-order valence-electron chi connectivity index (χ4n) is 1.70. The van der Waals surface area contributed by atoms with Crippen LogP contribution in [0, 0.1) is 0 Å². The number of halogens is 1. The lowest BCUT2D eigenvalue weighted by Gasteiger charge is -2.08. The van der Waals surface area contributed by atoms with E-state index in [2.05, 4.69) is 10.2 Å². The topological polar surface area (TPSA) is 47.3 Å². The van der Waals surface area contributed by atoms with Crippen molar-refractivity contribution < 1.29 is 4.84 Å². The fraction of sp³-hybridized carbons (Fsp3) is 0.333. The number of fused-ring (bicyclic) bond motifs is 1. The first-order valence-corrected chi connectivity index (χ1v) is 4.54. The normalized spacial score (nSPS) is 19.7. The van der Waals surface area contributed by atoms with Crippen LogP contribution in [-0.4, -0.2) is 13.2 Å². The zero-order valence-corrected chi connectivity index (χ0v) is 7.84. The summed E-state index contributed by atoms with van der Waals surface area (Å²) in [5.41, 5.74) is 2.21. The Bertz CT molecular complexity index is 314. The Balaban J connectivity index is 2.34. The van der Waals surface area contributed by atoms with E-state index in [1.807, 2.05) is 18.2 Å². The van der Waals surface area contributed by atoms with E-state index in [-0.39, 0.29) is 5.92 Å². The molecule has 0 saturated carbocycles. The SMILES string of the molecule is NOCC1CNc2cccc(Cl)c21. The molecule has 0 aromatic heterocycles. The molecule has 0 aliphatic carbocycles. The Morgan fingerprint density at radius 3 is 3.23 bits per heavy atom. The van der Waals surface area contributed by atoms with Crippen LogP contribution in [0.5, 0.6) is 0 Å². The molecule has 0 spiro atoms. The van der Waals surface area contributed by atoms with Gasteiger partial charge in [0, 0.05) is 28.7 Å². The van der Waals surface area contributed by atoms with Gasteiger partial charge in [0.1, 0.15) is 0 Å². The van der Waals surface area contributed by atoms with Crippen LogP contribution in [0.25, 0.3) is 0 Å². The van der Waals surface area contributed by atoms with Gasteiger partial charge in [-0.15, -0.1) is 0 Å². The zero-order valence-electron chi connectivity index (χ0n) is 7.09. The maximum atomic E-state index is 6.06. The summed E-state index contributed by atoms with van der Waals surface area (Å²) in [7, 11) is 0. The lowest BCUT2D eigenvalue weighted by atomic mass is 10.0. The van der Waals surface area contributed by atoms with Crippen LogP contribution < -0.4 is 11.2 Å². The number of anilines is 1. The van der Waals surface area contributed by atoms with Crippen molar-refractivity contribution in [3.05, 3.63) is 28.8 Å². The first-order chi connectivity index (χ1) is 6.33. The van der Waals surface area contributed by atoms with Gasteiger partial charge in [-0.2, -0.15) is 0 Å². The lowest BCUT2D eigenvalue weighted by molar-refractivity contribution is 0.127. The highest BCUT2D eigenvalue weighted by Crippen LogP contribution is 2.36. The molecule has 0 bridgehead atoms. The minimum absolute atomic E-state index is 0.272. The Hall–Kier alpha value is -0.770. The van der Waals surface area contributed by atoms with Gasteiger partial charge in [-0.3, -0.25) is 0 Å². The van der Waals surface area contributed by atoms with Gasteiger partial charge < -0.3 is 10.2 Å². The van der Waals surface area contributed by atoms with Gasteiger partial charge in [-0.25, -0.2) is 5.90 Å². The van der Waals surface area contributed by atoms with E-state index in [9.17, 15) is 0 Å². The van der Waals surface area contributed by atoms with Crippen molar-refractivity contribution in [2.75, 3.05) is 18.5 Å². The number of rotatable bonds is 2. The molecule has 3 nitrogen and oxygen atoms in total. The third-order valence-electron chi connectivity index (χ3n) is 2.30. The van der Waals surface area contributed by atoms with Gasteiger partial charge in [0.2, 0.25) is 0 Å². The average molecular weight is 199 g/mol. The maximum absolute atomic E-state index is 6.06. The molecule has 1 unspecified atom stereocenters. The Labute approximate surface area is 81.8 Å². The van der Waals surface area contributed by atoms with Gasteiger partial charge in [0.05, 0.1) is 6.61 Å². The number of hydrogen-bond donors (Lipinski definition) is 2. The fourth-order valence-corrected chi connectivity index (χ4v) is 2.03. The summed E-state index contributed by atoms with van der Waals surface area (Å²) >= 11 is 6.06. The van der Waals surface area contributed by atoms with E-state index in [1.54, 1.807) is 0 Å². The molecule has 0 fully saturated rings. The summed E-state index contributed by atoms with van der Waals surface area (Å²) < 4.78 is 0. The average Bonchev–Trinajstić information content (AvgIpc) is 2.51. The maximum Gasteiger partial charge on any atom is 0.0766 e. The number of nitrogens with one attached hydrogen (secondary N) is 1. The number of hydrogen-bond acceptors (Lipinski definition) is 3. The van der Waals surface area contributed by atoms with E-state index in [1.165, 1.54) is 0 Å². The van der Waals surface area contributed by atoms with Crippen molar-refractivity contribution in [3.63, 3.8) is 0 Å². The smallest absolute Gasteiger partial charge is 0.0766 e. The Kier molecular flexibility index (Phi) is 2.40. The molecule has 1 heterocycles. The van der Waals surface area contributed by atoms with Crippen molar-refractivity contribution in [1.82, 2.24) is 0 Å². The molecule has 2 rings (SSSR count). The Morgan fingerprint density at radius 1 is 1.62 bits per heavy atom. The molecule has 4 heteroatoms. The molecule has 1 atom stereocenters. The van der Waals surface area contributed by atoms with Crippen LogP contribution in [-0.2, 0) is 4.84 Å². The summed E-state index contributed by atoms with van der Waals surface area (Å²) in [6, 6.07) is 5.83. The van der Waals surface area contributed by atoms with Crippen molar-refractivity contribution in [1.29, 1.82) is 0 Å². The van der Waals surface area contributed by atoms with E-state index < -0.39 is 0 Å². The molecule has 1 aromatic carbocycles. The van der Waals surface area contributed by atoms with Crippen LogP contribution in [0.4, 0.5) is 5.69 Å². The molecule has 0 saturated heterocycles. The summed E-state index contributed by atoms with van der Waals surface area (Å²) in [5.74, 6) is 5.32. The highest BCUT2D eigenvalue weighted by atomic mass is 35.5. The molecule has 1 aliphatic heterocycles. The molecule has 70 valence electrons. The first-order valence-electron chi connectivity index (χ1n) is 4.17. The second-order valence-electron chi connectivity index (χ2n) is 3.11.